The van der Waals surface area contributed by atoms with Crippen LogP contribution in [0.1, 0.15) is 22.8 Å². The monoisotopic (exact) mass is 364 g/mol. The van der Waals surface area contributed by atoms with Crippen molar-refractivity contribution in [2.75, 3.05) is 0 Å². The van der Waals surface area contributed by atoms with Gasteiger partial charge in [0, 0.05) is 16.9 Å². The van der Waals surface area contributed by atoms with E-state index in [2.05, 4.69) is 27.8 Å². The summed E-state index contributed by atoms with van der Waals surface area (Å²) in [7, 11) is 0. The highest BCUT2D eigenvalue weighted by molar-refractivity contribution is 7.17. The van der Waals surface area contributed by atoms with Crippen LogP contribution in [-0.4, -0.2) is 16.9 Å². The van der Waals surface area contributed by atoms with Crippen molar-refractivity contribution < 1.29 is 4.79 Å². The van der Waals surface area contributed by atoms with Gasteiger partial charge in [0.25, 0.3) is 5.91 Å². The summed E-state index contributed by atoms with van der Waals surface area (Å²) < 4.78 is 1.26. The van der Waals surface area contributed by atoms with Crippen molar-refractivity contribution in [2.45, 2.75) is 19.4 Å². The lowest BCUT2D eigenvalue weighted by molar-refractivity contribution is 0.0940. The Morgan fingerprint density at radius 1 is 1.35 bits per heavy atom. The van der Waals surface area contributed by atoms with Gasteiger partial charge < -0.3 is 5.32 Å². The van der Waals surface area contributed by atoms with Gasteiger partial charge in [-0.1, -0.05) is 41.4 Å². The molecule has 3 aromatic rings. The standard InChI is InChI=1S/C17H14Cl2N2OS/c1-10(6-12-9-23-15-5-3-2-4-13(12)15)21-17(22)11-7-14(18)16(19)20-8-11/h2-5,7-10H,6H2,1H3,(H,21,22)/t10-/m1/s1. The second-order valence-electron chi connectivity index (χ2n) is 5.33. The van der Waals surface area contributed by atoms with Crippen molar-refractivity contribution in [3.05, 3.63) is 63.2 Å². The van der Waals surface area contributed by atoms with Gasteiger partial charge in [-0.15, -0.1) is 11.3 Å². The molecule has 0 saturated carbocycles. The Hall–Kier alpha value is -1.62. The van der Waals surface area contributed by atoms with E-state index >= 15 is 0 Å². The van der Waals surface area contributed by atoms with E-state index in [1.165, 1.54) is 27.9 Å². The molecule has 23 heavy (non-hydrogen) atoms. The summed E-state index contributed by atoms with van der Waals surface area (Å²) in [5.41, 5.74) is 1.65. The summed E-state index contributed by atoms with van der Waals surface area (Å²) in [6.45, 7) is 1.98. The highest BCUT2D eigenvalue weighted by Crippen LogP contribution is 2.26. The molecule has 0 aliphatic carbocycles. The molecule has 118 valence electrons. The molecule has 6 heteroatoms. The van der Waals surface area contributed by atoms with Gasteiger partial charge in [0.05, 0.1) is 10.6 Å². The summed E-state index contributed by atoms with van der Waals surface area (Å²) in [5.74, 6) is -0.205. The highest BCUT2D eigenvalue weighted by Gasteiger charge is 2.14. The number of rotatable bonds is 4. The van der Waals surface area contributed by atoms with E-state index in [1.807, 2.05) is 19.1 Å². The van der Waals surface area contributed by atoms with Gasteiger partial charge in [-0.05, 0) is 41.8 Å². The largest absolute Gasteiger partial charge is 0.349 e. The Morgan fingerprint density at radius 3 is 2.91 bits per heavy atom. The molecule has 0 spiro atoms. The molecule has 2 aromatic heterocycles. The summed E-state index contributed by atoms with van der Waals surface area (Å²) in [4.78, 5) is 16.2. The van der Waals surface area contributed by atoms with Gasteiger partial charge in [-0.2, -0.15) is 0 Å². The lowest BCUT2D eigenvalue weighted by Crippen LogP contribution is -2.34. The number of amides is 1. The average Bonchev–Trinajstić information content (AvgIpc) is 2.93. The van der Waals surface area contributed by atoms with Crippen LogP contribution in [0.2, 0.25) is 10.2 Å². The molecule has 0 aliphatic heterocycles. The normalized spacial score (nSPS) is 12.3. The molecule has 0 bridgehead atoms. The number of thiophene rings is 1. The minimum absolute atomic E-state index is 0.00467. The number of halogens is 2. The van der Waals surface area contributed by atoms with Crippen LogP contribution >= 0.6 is 34.5 Å². The molecule has 3 rings (SSSR count). The summed E-state index contributed by atoms with van der Waals surface area (Å²) >= 11 is 13.4. The van der Waals surface area contributed by atoms with E-state index in [1.54, 1.807) is 11.3 Å². The Kier molecular flexibility index (Phi) is 4.85. The third kappa shape index (κ3) is 3.66. The fourth-order valence-corrected chi connectivity index (χ4v) is 3.67. The molecule has 0 radical (unpaired) electrons. The number of fused-ring (bicyclic) bond motifs is 1. The first-order valence-corrected chi connectivity index (χ1v) is 8.75. The predicted molar refractivity (Wildman–Crippen MR) is 96.7 cm³/mol. The molecule has 3 nitrogen and oxygen atoms in total. The zero-order chi connectivity index (χ0) is 16.4. The van der Waals surface area contributed by atoms with E-state index in [-0.39, 0.29) is 22.1 Å². The molecule has 0 aliphatic rings. The van der Waals surface area contributed by atoms with Gasteiger partial charge in [0.15, 0.2) is 0 Å². The first kappa shape index (κ1) is 16.2. The zero-order valence-corrected chi connectivity index (χ0v) is 14.7. The van der Waals surface area contributed by atoms with Crippen LogP contribution in [0, 0.1) is 0 Å². The number of hydrogen-bond donors (Lipinski definition) is 1. The van der Waals surface area contributed by atoms with Crippen molar-refractivity contribution in [1.29, 1.82) is 0 Å². The second-order valence-corrected chi connectivity index (χ2v) is 7.01. The summed E-state index contributed by atoms with van der Waals surface area (Å²) in [6, 6.07) is 9.80. The number of pyridine rings is 1. The number of nitrogens with zero attached hydrogens (tertiary/aromatic N) is 1. The van der Waals surface area contributed by atoms with Crippen LogP contribution in [0.15, 0.2) is 41.9 Å². The van der Waals surface area contributed by atoms with Crippen molar-refractivity contribution in [2.24, 2.45) is 0 Å². The fourth-order valence-electron chi connectivity index (χ4n) is 2.42. The van der Waals surface area contributed by atoms with Crippen LogP contribution in [0.5, 0.6) is 0 Å². The maximum Gasteiger partial charge on any atom is 0.253 e. The van der Waals surface area contributed by atoms with Gasteiger partial charge in [-0.3, -0.25) is 4.79 Å². The number of benzene rings is 1. The number of nitrogens with one attached hydrogen (secondary N) is 1. The SMILES string of the molecule is C[C@H](Cc1csc2ccccc12)NC(=O)c1cnc(Cl)c(Cl)c1. The van der Waals surface area contributed by atoms with Crippen LogP contribution in [-0.2, 0) is 6.42 Å². The second kappa shape index (κ2) is 6.87. The van der Waals surface area contributed by atoms with E-state index in [0.717, 1.165) is 6.42 Å². The molecule has 1 atom stereocenters. The molecule has 1 amide bonds. The number of carbonyl (C=O) groups is 1. The Bertz CT molecular complexity index is 863. The Labute approximate surface area is 148 Å². The quantitative estimate of drug-likeness (QED) is 0.664. The molecule has 0 fully saturated rings. The van der Waals surface area contributed by atoms with Crippen LogP contribution in [0.25, 0.3) is 10.1 Å². The molecule has 0 unspecified atom stereocenters. The maximum absolute atomic E-state index is 12.3. The molecule has 2 heterocycles. The minimum atomic E-state index is -0.205. The molecule has 1 N–H and O–H groups in total. The van der Waals surface area contributed by atoms with Crippen molar-refractivity contribution in [3.63, 3.8) is 0 Å². The van der Waals surface area contributed by atoms with Crippen molar-refractivity contribution >= 4 is 50.5 Å². The minimum Gasteiger partial charge on any atom is -0.349 e. The Morgan fingerprint density at radius 2 is 2.13 bits per heavy atom. The highest BCUT2D eigenvalue weighted by atomic mass is 35.5. The molecule has 0 saturated heterocycles. The molecular formula is C17H14Cl2N2OS. The first-order chi connectivity index (χ1) is 11.0. The molecule has 1 aromatic carbocycles. The molecular weight excluding hydrogens is 351 g/mol. The predicted octanol–water partition coefficient (Wildman–Crippen LogP) is 4.96. The van der Waals surface area contributed by atoms with Crippen LogP contribution in [0.3, 0.4) is 0 Å². The van der Waals surface area contributed by atoms with Gasteiger partial charge in [0.2, 0.25) is 0 Å². The van der Waals surface area contributed by atoms with E-state index in [4.69, 9.17) is 23.2 Å². The van der Waals surface area contributed by atoms with E-state index in [9.17, 15) is 4.79 Å². The Balaban J connectivity index is 1.70. The zero-order valence-electron chi connectivity index (χ0n) is 12.3. The smallest absolute Gasteiger partial charge is 0.253 e. The first-order valence-electron chi connectivity index (χ1n) is 7.11. The number of hydrogen-bond acceptors (Lipinski definition) is 3. The van der Waals surface area contributed by atoms with E-state index < -0.39 is 0 Å². The topological polar surface area (TPSA) is 42.0 Å². The third-order valence-corrected chi connectivity index (χ3v) is 5.22. The van der Waals surface area contributed by atoms with E-state index in [0.29, 0.717) is 5.56 Å². The number of carbonyl (C=O) groups excluding carboxylic acids is 1. The van der Waals surface area contributed by atoms with Gasteiger partial charge in [-0.25, -0.2) is 4.98 Å². The third-order valence-electron chi connectivity index (χ3n) is 3.52. The van der Waals surface area contributed by atoms with Crippen molar-refractivity contribution in [1.82, 2.24) is 10.3 Å². The number of aromatic nitrogens is 1. The van der Waals surface area contributed by atoms with Crippen LogP contribution < -0.4 is 5.32 Å². The van der Waals surface area contributed by atoms with Crippen LogP contribution in [0.4, 0.5) is 0 Å². The van der Waals surface area contributed by atoms with Gasteiger partial charge in [0.1, 0.15) is 5.15 Å². The fraction of sp³-hybridized carbons (Fsp3) is 0.176. The lowest BCUT2D eigenvalue weighted by Gasteiger charge is -2.13. The summed E-state index contributed by atoms with van der Waals surface area (Å²) in [5, 5.41) is 6.83. The summed E-state index contributed by atoms with van der Waals surface area (Å²) in [6.07, 6.45) is 2.20. The average molecular weight is 365 g/mol. The maximum atomic E-state index is 12.3. The lowest BCUT2D eigenvalue weighted by atomic mass is 10.1. The van der Waals surface area contributed by atoms with Crippen molar-refractivity contribution in [3.8, 4) is 0 Å². The van der Waals surface area contributed by atoms with Gasteiger partial charge >= 0.3 is 0 Å².